The van der Waals surface area contributed by atoms with Crippen molar-refractivity contribution in [1.29, 1.82) is 0 Å². The molecular formula is C21H21BrN4O. The van der Waals surface area contributed by atoms with E-state index >= 15 is 0 Å². The molecule has 1 atom stereocenters. The Balaban J connectivity index is 1.71. The van der Waals surface area contributed by atoms with Crippen LogP contribution in [0.4, 0.5) is 0 Å². The zero-order valence-corrected chi connectivity index (χ0v) is 17.0. The molecule has 0 radical (unpaired) electrons. The second-order valence-electron chi connectivity index (χ2n) is 7.07. The van der Waals surface area contributed by atoms with Crippen LogP contribution in [-0.2, 0) is 7.05 Å². The summed E-state index contributed by atoms with van der Waals surface area (Å²) in [5, 5.41) is 4.19. The minimum absolute atomic E-state index is 0.125. The van der Waals surface area contributed by atoms with Crippen molar-refractivity contribution in [3.05, 3.63) is 64.5 Å². The molecule has 5 nitrogen and oxygen atoms in total. The van der Waals surface area contributed by atoms with Crippen molar-refractivity contribution in [2.24, 2.45) is 13.0 Å². The average molecular weight is 425 g/mol. The number of H-pyrrole nitrogens is 1. The molecule has 0 aliphatic heterocycles. The van der Waals surface area contributed by atoms with E-state index in [9.17, 15) is 4.79 Å². The summed E-state index contributed by atoms with van der Waals surface area (Å²) in [4.78, 5) is 21.2. The molecule has 2 heterocycles. The van der Waals surface area contributed by atoms with E-state index < -0.39 is 0 Å². The number of hydrogen-bond acceptors (Lipinski definition) is 2. The number of nitrogens with one attached hydrogen (secondary N) is 2. The smallest absolute Gasteiger partial charge is 0.269 e. The molecule has 138 valence electrons. The number of rotatable bonds is 4. The molecule has 1 amide bonds. The van der Waals surface area contributed by atoms with Crippen molar-refractivity contribution >= 4 is 43.8 Å². The molecule has 0 aliphatic rings. The van der Waals surface area contributed by atoms with Gasteiger partial charge < -0.3 is 14.9 Å². The number of imidazole rings is 1. The Morgan fingerprint density at radius 3 is 2.56 bits per heavy atom. The quantitative estimate of drug-likeness (QED) is 0.486. The molecule has 2 aromatic heterocycles. The topological polar surface area (TPSA) is 62.7 Å². The first kappa shape index (κ1) is 17.8. The maximum atomic E-state index is 13.2. The normalized spacial score (nSPS) is 12.8. The Morgan fingerprint density at radius 2 is 1.85 bits per heavy atom. The van der Waals surface area contributed by atoms with Crippen molar-refractivity contribution in [1.82, 2.24) is 19.9 Å². The highest BCUT2D eigenvalue weighted by Gasteiger charge is 2.26. The van der Waals surface area contributed by atoms with E-state index in [-0.39, 0.29) is 17.9 Å². The Kier molecular flexibility index (Phi) is 4.52. The van der Waals surface area contributed by atoms with Crippen molar-refractivity contribution in [2.75, 3.05) is 0 Å². The largest absolute Gasteiger partial charge is 0.341 e. The highest BCUT2D eigenvalue weighted by molar-refractivity contribution is 9.10. The van der Waals surface area contributed by atoms with Crippen LogP contribution in [0.25, 0.3) is 21.9 Å². The number of aryl methyl sites for hydroxylation is 1. The predicted octanol–water partition coefficient (Wildman–Crippen LogP) is 4.94. The van der Waals surface area contributed by atoms with Gasteiger partial charge in [-0.15, -0.1) is 0 Å². The van der Waals surface area contributed by atoms with Crippen LogP contribution in [0, 0.1) is 5.92 Å². The summed E-state index contributed by atoms with van der Waals surface area (Å²) >= 11 is 3.61. The molecule has 1 unspecified atom stereocenters. The minimum atomic E-state index is -0.213. The summed E-state index contributed by atoms with van der Waals surface area (Å²) in [7, 11) is 1.91. The average Bonchev–Trinajstić information content (AvgIpc) is 3.19. The number of amides is 1. The molecule has 4 aromatic rings. The number of aromatic amines is 1. The minimum Gasteiger partial charge on any atom is -0.341 e. The fourth-order valence-corrected chi connectivity index (χ4v) is 4.26. The van der Waals surface area contributed by atoms with Gasteiger partial charge in [-0.3, -0.25) is 4.79 Å². The first-order valence-electron chi connectivity index (χ1n) is 8.95. The molecule has 4 rings (SSSR count). The third-order valence-electron chi connectivity index (χ3n) is 4.92. The number of fused-ring (bicyclic) bond motifs is 2. The van der Waals surface area contributed by atoms with E-state index in [2.05, 4.69) is 45.1 Å². The maximum Gasteiger partial charge on any atom is 0.269 e. The van der Waals surface area contributed by atoms with E-state index in [0.717, 1.165) is 32.2 Å². The van der Waals surface area contributed by atoms with Gasteiger partial charge in [-0.1, -0.05) is 44.2 Å². The Morgan fingerprint density at radius 1 is 1.15 bits per heavy atom. The van der Waals surface area contributed by atoms with Crippen LogP contribution in [0.1, 0.15) is 36.2 Å². The summed E-state index contributed by atoms with van der Waals surface area (Å²) in [6.45, 7) is 4.16. The van der Waals surface area contributed by atoms with Gasteiger partial charge in [-0.05, 0) is 40.0 Å². The highest BCUT2D eigenvalue weighted by atomic mass is 79.9. The number of para-hydroxylation sites is 3. The second kappa shape index (κ2) is 6.85. The van der Waals surface area contributed by atoms with Gasteiger partial charge in [0.2, 0.25) is 0 Å². The van der Waals surface area contributed by atoms with Crippen LogP contribution in [0.5, 0.6) is 0 Å². The van der Waals surface area contributed by atoms with Crippen LogP contribution in [0.2, 0.25) is 0 Å². The van der Waals surface area contributed by atoms with E-state index in [1.54, 1.807) is 0 Å². The second-order valence-corrected chi connectivity index (χ2v) is 7.87. The molecular weight excluding hydrogens is 404 g/mol. The molecule has 27 heavy (non-hydrogen) atoms. The van der Waals surface area contributed by atoms with Gasteiger partial charge in [0.05, 0.1) is 21.5 Å². The summed E-state index contributed by atoms with van der Waals surface area (Å²) in [5.41, 5.74) is 3.49. The van der Waals surface area contributed by atoms with Crippen LogP contribution < -0.4 is 5.32 Å². The molecule has 0 aliphatic carbocycles. The van der Waals surface area contributed by atoms with Crippen molar-refractivity contribution < 1.29 is 4.79 Å². The van der Waals surface area contributed by atoms with Crippen molar-refractivity contribution in [3.8, 4) is 0 Å². The van der Waals surface area contributed by atoms with Crippen molar-refractivity contribution in [2.45, 2.75) is 19.9 Å². The Labute approximate surface area is 165 Å². The lowest BCUT2D eigenvalue weighted by molar-refractivity contribution is 0.0914. The summed E-state index contributed by atoms with van der Waals surface area (Å²) in [5.74, 6) is 0.831. The third-order valence-corrected chi connectivity index (χ3v) is 5.72. The molecule has 0 bridgehead atoms. The van der Waals surface area contributed by atoms with Crippen LogP contribution in [0.15, 0.2) is 53.0 Å². The fraction of sp³-hybridized carbons (Fsp3) is 0.238. The molecule has 2 aromatic carbocycles. The van der Waals surface area contributed by atoms with E-state index in [0.29, 0.717) is 5.69 Å². The van der Waals surface area contributed by atoms with Crippen LogP contribution >= 0.6 is 15.9 Å². The molecule has 6 heteroatoms. The van der Waals surface area contributed by atoms with E-state index in [1.807, 2.05) is 60.1 Å². The number of halogens is 1. The van der Waals surface area contributed by atoms with Gasteiger partial charge in [-0.2, -0.15) is 0 Å². The van der Waals surface area contributed by atoms with Gasteiger partial charge in [0, 0.05) is 18.0 Å². The number of carbonyl (C=O) groups excluding carboxylic acids is 1. The first-order chi connectivity index (χ1) is 13.0. The SMILES string of the molecule is CC(C)C(NC(=O)c1c(Br)c2ccccc2n1C)c1nc2ccccc2[nH]1. The van der Waals surface area contributed by atoms with Gasteiger partial charge in [0.15, 0.2) is 0 Å². The maximum absolute atomic E-state index is 13.2. The zero-order chi connectivity index (χ0) is 19.1. The highest BCUT2D eigenvalue weighted by Crippen LogP contribution is 2.31. The fourth-order valence-electron chi connectivity index (χ4n) is 3.48. The number of nitrogens with zero attached hydrogens (tertiary/aromatic N) is 2. The molecule has 0 fully saturated rings. The summed E-state index contributed by atoms with van der Waals surface area (Å²) in [6.07, 6.45) is 0. The molecule has 0 saturated heterocycles. The zero-order valence-electron chi connectivity index (χ0n) is 15.5. The summed E-state index contributed by atoms with van der Waals surface area (Å²) in [6, 6.07) is 15.6. The third kappa shape index (κ3) is 3.04. The number of hydrogen-bond donors (Lipinski definition) is 2. The van der Waals surface area contributed by atoms with E-state index in [4.69, 9.17) is 0 Å². The molecule has 2 N–H and O–H groups in total. The monoisotopic (exact) mass is 424 g/mol. The Hall–Kier alpha value is -2.60. The lowest BCUT2D eigenvalue weighted by Gasteiger charge is -2.20. The predicted molar refractivity (Wildman–Crippen MR) is 112 cm³/mol. The molecule has 0 spiro atoms. The van der Waals surface area contributed by atoms with Gasteiger partial charge in [-0.25, -0.2) is 4.98 Å². The van der Waals surface area contributed by atoms with Crippen molar-refractivity contribution in [3.63, 3.8) is 0 Å². The lowest BCUT2D eigenvalue weighted by atomic mass is 10.0. The van der Waals surface area contributed by atoms with Crippen LogP contribution in [0.3, 0.4) is 0 Å². The standard InChI is InChI=1S/C21H21BrN4O/c1-12(2)18(20-23-14-9-5-6-10-15(14)24-20)25-21(27)19-17(22)13-8-4-7-11-16(13)26(19)3/h4-12,18H,1-3H3,(H,23,24)(H,25,27). The number of aromatic nitrogens is 3. The number of carbonyl (C=O) groups is 1. The van der Waals surface area contributed by atoms with Crippen LogP contribution in [-0.4, -0.2) is 20.4 Å². The van der Waals surface area contributed by atoms with Gasteiger partial charge >= 0.3 is 0 Å². The number of benzene rings is 2. The lowest BCUT2D eigenvalue weighted by Crippen LogP contribution is -2.33. The van der Waals surface area contributed by atoms with E-state index in [1.165, 1.54) is 0 Å². The van der Waals surface area contributed by atoms with Gasteiger partial charge in [0.1, 0.15) is 11.5 Å². The Bertz CT molecular complexity index is 1070. The summed E-state index contributed by atoms with van der Waals surface area (Å²) < 4.78 is 2.73. The first-order valence-corrected chi connectivity index (χ1v) is 9.75. The molecule has 0 saturated carbocycles. The van der Waals surface area contributed by atoms with Gasteiger partial charge in [0.25, 0.3) is 5.91 Å².